The molecule has 2 heterocycles. The first-order valence-electron chi connectivity index (χ1n) is 18.1. The summed E-state index contributed by atoms with van der Waals surface area (Å²) in [7, 11) is 9.95. The molecular weight excluding hydrogens is 911 g/mol. The number of aromatic hydroxyl groups is 1. The zero-order valence-electron chi connectivity index (χ0n) is 38.1. The van der Waals surface area contributed by atoms with Gasteiger partial charge in [0.1, 0.15) is 16.9 Å². The van der Waals surface area contributed by atoms with Crippen molar-refractivity contribution in [2.75, 3.05) is 63.0 Å². The van der Waals surface area contributed by atoms with Crippen LogP contribution in [0.15, 0.2) is 67.0 Å². The number of phenolic OH excluding ortho intramolecular Hbond substituents is 1. The Balaban J connectivity index is 0. The summed E-state index contributed by atoms with van der Waals surface area (Å²) in [4.78, 5) is 89.0. The number of hydrogen-bond donors (Lipinski definition) is 2. The molecule has 0 aliphatic heterocycles. The number of esters is 3. The number of aromatic carboxylic acids is 1. The molecule has 2 aromatic heterocycles. The molecule has 0 aliphatic rings. The summed E-state index contributed by atoms with van der Waals surface area (Å²) in [6.07, 6.45) is 0. The van der Waals surface area contributed by atoms with Gasteiger partial charge in [0.2, 0.25) is 11.5 Å². The molecule has 0 spiro atoms. The molecular formula is C42H47NaO24. The molecule has 0 saturated carbocycles. The Bertz CT molecular complexity index is 2550. The van der Waals surface area contributed by atoms with Gasteiger partial charge in [-0.2, -0.15) is 0 Å². The van der Waals surface area contributed by atoms with Crippen molar-refractivity contribution in [1.82, 2.24) is 0 Å². The first kappa shape index (κ1) is 61.7. The van der Waals surface area contributed by atoms with Crippen LogP contribution in [0.2, 0.25) is 0 Å². The van der Waals surface area contributed by atoms with E-state index in [-0.39, 0.29) is 99.6 Å². The molecule has 24 nitrogen and oxygen atoms in total. The van der Waals surface area contributed by atoms with Crippen LogP contribution in [0.4, 0.5) is 0 Å². The number of carboxylic acid groups (broad SMARTS) is 1. The number of fused-ring (bicyclic) bond motifs is 2. The van der Waals surface area contributed by atoms with E-state index in [2.05, 4.69) is 19.1 Å². The Morgan fingerprint density at radius 3 is 1.28 bits per heavy atom. The van der Waals surface area contributed by atoms with Crippen LogP contribution >= 0.6 is 0 Å². The SMILES string of the molecule is CCOC(=O)C(=O)OCC.COC(=O)c1cc(=O)c2cc(OC)c(OC)cc2o1.COc1cc(O)c(C(C)=O)cc1OC.COc1cc2oc(C(=O)O)cc(=O)c2cc1OC.O.O=CO[O-].[Na+]. The summed E-state index contributed by atoms with van der Waals surface area (Å²) in [5, 5.41) is 27.2. The predicted molar refractivity (Wildman–Crippen MR) is 225 cm³/mol. The van der Waals surface area contributed by atoms with Gasteiger partial charge in [0.25, 0.3) is 6.47 Å². The van der Waals surface area contributed by atoms with E-state index >= 15 is 0 Å². The van der Waals surface area contributed by atoms with Crippen molar-refractivity contribution < 1.29 is 136 Å². The van der Waals surface area contributed by atoms with Gasteiger partial charge in [-0.3, -0.25) is 19.2 Å². The fourth-order valence-corrected chi connectivity index (χ4v) is 4.80. The van der Waals surface area contributed by atoms with Crippen molar-refractivity contribution in [3.8, 4) is 40.2 Å². The van der Waals surface area contributed by atoms with Crippen LogP contribution in [0.5, 0.6) is 40.2 Å². The van der Waals surface area contributed by atoms with Crippen LogP contribution in [0, 0.1) is 0 Å². The van der Waals surface area contributed by atoms with Gasteiger partial charge in [0.15, 0.2) is 51.1 Å². The number of carbonyl (C=O) groups excluding carboxylic acids is 5. The molecule has 0 fully saturated rings. The quantitative estimate of drug-likeness (QED) is 0.0231. The second kappa shape index (κ2) is 31.5. The molecule has 3 aromatic carbocycles. The van der Waals surface area contributed by atoms with Gasteiger partial charge in [-0.1, -0.05) is 0 Å². The van der Waals surface area contributed by atoms with E-state index in [1.165, 1.54) is 93.1 Å². The molecule has 25 heteroatoms. The summed E-state index contributed by atoms with van der Waals surface area (Å²) in [6.45, 7) is 4.82. The van der Waals surface area contributed by atoms with Gasteiger partial charge in [0.05, 0.1) is 79.3 Å². The molecule has 4 N–H and O–H groups in total. The molecule has 0 unspecified atom stereocenters. The number of benzene rings is 3. The Morgan fingerprint density at radius 1 is 0.612 bits per heavy atom. The van der Waals surface area contributed by atoms with Crippen molar-refractivity contribution >= 4 is 58.1 Å². The molecule has 0 bridgehead atoms. The van der Waals surface area contributed by atoms with Crippen molar-refractivity contribution in [3.63, 3.8) is 0 Å². The second-order valence-electron chi connectivity index (χ2n) is 11.6. The van der Waals surface area contributed by atoms with Crippen molar-refractivity contribution in [2.24, 2.45) is 0 Å². The first-order chi connectivity index (χ1) is 30.9. The van der Waals surface area contributed by atoms with Crippen LogP contribution in [-0.2, 0) is 33.5 Å². The molecule has 360 valence electrons. The Morgan fingerprint density at radius 2 is 0.955 bits per heavy atom. The number of Topliss-reactive ketones (excluding diaryl/α,β-unsaturated/α-hetero) is 1. The van der Waals surface area contributed by atoms with Crippen LogP contribution < -0.4 is 74.1 Å². The van der Waals surface area contributed by atoms with Crippen LogP contribution in [0.1, 0.15) is 52.2 Å². The number of carboxylic acids is 1. The number of methoxy groups -OCH3 is 7. The van der Waals surface area contributed by atoms with E-state index in [1.54, 1.807) is 13.8 Å². The average Bonchev–Trinajstić information content (AvgIpc) is 3.30. The normalized spacial score (nSPS) is 9.30. The van der Waals surface area contributed by atoms with Gasteiger partial charge in [-0.05, 0) is 39.0 Å². The minimum absolute atomic E-state index is 0. The maximum atomic E-state index is 11.9. The number of ketones is 1. The molecule has 5 aromatic rings. The van der Waals surface area contributed by atoms with Gasteiger partial charge < -0.3 is 77.3 Å². The molecule has 0 radical (unpaired) electrons. The molecule has 67 heavy (non-hydrogen) atoms. The summed E-state index contributed by atoms with van der Waals surface area (Å²) < 4.78 is 53.9. The predicted octanol–water partition coefficient (Wildman–Crippen LogP) is -0.556. The third kappa shape index (κ3) is 18.2. The number of ether oxygens (including phenoxy) is 9. The third-order valence-corrected chi connectivity index (χ3v) is 7.70. The molecule has 0 atom stereocenters. The maximum absolute atomic E-state index is 11.9. The van der Waals surface area contributed by atoms with Crippen LogP contribution in [0.3, 0.4) is 0 Å². The molecule has 0 saturated heterocycles. The maximum Gasteiger partial charge on any atom is 1.00 e. The van der Waals surface area contributed by atoms with E-state index in [4.69, 9.17) is 52.4 Å². The van der Waals surface area contributed by atoms with Crippen molar-refractivity contribution in [3.05, 3.63) is 86.1 Å². The van der Waals surface area contributed by atoms with Crippen LogP contribution in [0.25, 0.3) is 21.9 Å². The fourth-order valence-electron chi connectivity index (χ4n) is 4.80. The van der Waals surface area contributed by atoms with Gasteiger partial charge >= 0.3 is 53.4 Å². The van der Waals surface area contributed by atoms with Crippen molar-refractivity contribution in [2.45, 2.75) is 20.8 Å². The van der Waals surface area contributed by atoms with Gasteiger partial charge in [0, 0.05) is 30.3 Å². The van der Waals surface area contributed by atoms with E-state index < -0.39 is 35.1 Å². The number of rotatable bonds is 12. The number of phenols is 1. The van der Waals surface area contributed by atoms with E-state index in [1.807, 2.05) is 0 Å². The molecule has 0 aliphatic carbocycles. The monoisotopic (exact) mass is 958 g/mol. The molecule has 5 rings (SSSR count). The van der Waals surface area contributed by atoms with E-state index in [0.29, 0.717) is 39.9 Å². The largest absolute Gasteiger partial charge is 1.00 e. The Labute approximate surface area is 402 Å². The summed E-state index contributed by atoms with van der Waals surface area (Å²) in [6, 6.07) is 10.7. The summed E-state index contributed by atoms with van der Waals surface area (Å²) in [5.41, 5.74) is -0.219. The van der Waals surface area contributed by atoms with Gasteiger partial charge in [-0.15, -0.1) is 0 Å². The minimum Gasteiger partial charge on any atom is -0.662 e. The minimum atomic E-state index is -1.30. The third-order valence-electron chi connectivity index (χ3n) is 7.70. The fraction of sp³-hybridized carbons (Fsp3) is 0.286. The Kier molecular flexibility index (Phi) is 29.0. The molecule has 0 amide bonds. The summed E-state index contributed by atoms with van der Waals surface area (Å²) >= 11 is 0. The van der Waals surface area contributed by atoms with E-state index in [0.717, 1.165) is 12.1 Å². The standard InChI is InChI=1S/C13H12O6.C12H10O6.C10H12O4.C6H10O4.CH2O3.Na.H2O/c1-16-10-4-7-8(14)5-12(13(15)18-3)19-9(7)6-11(10)17-2;1-16-9-3-6-7(13)4-11(12(14)15)18-8(6)5-10(9)17-2;1-6(11)7-4-9(13-2)10(14-3)5-8(7)12;1-3-9-5(7)6(8)10-4-2;2-1-4-3;;/h4-6H,1-3H3;3-5H,1-2H3,(H,14,15);4-5,12H,1-3H3;3-4H2,1-2H3;1,3H;;1H2/q;;;;;+1;/p-1. The number of hydrogen-bond acceptors (Lipinski definition) is 22. The zero-order chi connectivity index (χ0) is 49.4. The van der Waals surface area contributed by atoms with Crippen LogP contribution in [-0.4, -0.2) is 115 Å². The second-order valence-corrected chi connectivity index (χ2v) is 11.6. The zero-order valence-corrected chi connectivity index (χ0v) is 40.1. The van der Waals surface area contributed by atoms with E-state index in [9.17, 15) is 38.7 Å². The average molecular weight is 959 g/mol. The Hall–Kier alpha value is -7.38. The van der Waals surface area contributed by atoms with Crippen molar-refractivity contribution in [1.29, 1.82) is 0 Å². The first-order valence-corrected chi connectivity index (χ1v) is 18.1. The summed E-state index contributed by atoms with van der Waals surface area (Å²) in [5.74, 6) is -2.40. The smallest absolute Gasteiger partial charge is 0.662 e. The number of carbonyl (C=O) groups is 6. The topological polar surface area (TPSA) is 350 Å². The van der Waals surface area contributed by atoms with Gasteiger partial charge in [-0.25, -0.2) is 19.2 Å².